The molecule has 4 aliphatic rings. The predicted molar refractivity (Wildman–Crippen MR) is 119 cm³/mol. The van der Waals surface area contributed by atoms with E-state index >= 15 is 0 Å². The maximum absolute atomic E-state index is 12.5. The fourth-order valence-corrected chi connectivity index (χ4v) is 6.85. The third kappa shape index (κ3) is 3.93. The SMILES string of the molecule is Cc1cc(C)n(-c2ccc(C(=O)OCC(=O)N[C@@H](C)C34CC5CC(CC(C5)C3)C4)cn2)n1. The number of aryl methyl sites for hydroxylation is 2. The number of esters is 1. The lowest BCUT2D eigenvalue weighted by atomic mass is 9.48. The van der Waals surface area contributed by atoms with E-state index in [9.17, 15) is 9.59 Å². The molecule has 1 N–H and O–H groups in total. The quantitative estimate of drug-likeness (QED) is 0.697. The van der Waals surface area contributed by atoms with Crippen LogP contribution in [0.15, 0.2) is 24.4 Å². The molecular formula is C25H32N4O3. The second-order valence-electron chi connectivity index (χ2n) is 10.4. The number of carbonyl (C=O) groups is 2. The number of hydrogen-bond donors (Lipinski definition) is 1. The van der Waals surface area contributed by atoms with Gasteiger partial charge in [-0.2, -0.15) is 5.10 Å². The predicted octanol–water partition coefficient (Wildman–Crippen LogP) is 3.76. The fourth-order valence-electron chi connectivity index (χ4n) is 6.85. The Hall–Kier alpha value is -2.70. The Kier molecular flexibility index (Phi) is 5.30. The van der Waals surface area contributed by atoms with E-state index < -0.39 is 5.97 Å². The molecule has 0 radical (unpaired) electrons. The Morgan fingerprint density at radius 2 is 1.81 bits per heavy atom. The number of pyridine rings is 1. The van der Waals surface area contributed by atoms with Crippen LogP contribution in [0.3, 0.4) is 0 Å². The van der Waals surface area contributed by atoms with Gasteiger partial charge in [-0.25, -0.2) is 14.5 Å². The lowest BCUT2D eigenvalue weighted by molar-refractivity contribution is -0.128. The molecule has 7 heteroatoms. The smallest absolute Gasteiger partial charge is 0.340 e. The van der Waals surface area contributed by atoms with E-state index in [4.69, 9.17) is 4.74 Å². The first-order chi connectivity index (χ1) is 15.3. The van der Waals surface area contributed by atoms with Gasteiger partial charge in [0.2, 0.25) is 0 Å². The largest absolute Gasteiger partial charge is 0.452 e. The van der Waals surface area contributed by atoms with E-state index in [1.807, 2.05) is 19.9 Å². The van der Waals surface area contributed by atoms with Gasteiger partial charge in [-0.05, 0) is 101 Å². The molecule has 170 valence electrons. The second kappa shape index (κ2) is 8.01. The van der Waals surface area contributed by atoms with Crippen molar-refractivity contribution >= 4 is 11.9 Å². The van der Waals surface area contributed by atoms with Crippen molar-refractivity contribution in [2.75, 3.05) is 6.61 Å². The Balaban J connectivity index is 1.15. The Morgan fingerprint density at radius 1 is 1.16 bits per heavy atom. The van der Waals surface area contributed by atoms with E-state index in [1.165, 1.54) is 44.7 Å². The highest BCUT2D eigenvalue weighted by Gasteiger charge is 2.53. The van der Waals surface area contributed by atoms with Gasteiger partial charge in [-0.15, -0.1) is 0 Å². The number of aromatic nitrogens is 3. The minimum Gasteiger partial charge on any atom is -0.452 e. The van der Waals surface area contributed by atoms with Gasteiger partial charge in [-0.3, -0.25) is 4.79 Å². The van der Waals surface area contributed by atoms with Crippen LogP contribution >= 0.6 is 0 Å². The molecule has 2 aromatic heterocycles. The minimum absolute atomic E-state index is 0.115. The van der Waals surface area contributed by atoms with Crippen LogP contribution in [0.4, 0.5) is 0 Å². The molecule has 6 rings (SSSR count). The molecule has 4 aliphatic carbocycles. The van der Waals surface area contributed by atoms with Gasteiger partial charge in [-0.1, -0.05) is 0 Å². The summed E-state index contributed by atoms with van der Waals surface area (Å²) in [4.78, 5) is 29.3. The number of hydrogen-bond acceptors (Lipinski definition) is 5. The molecule has 4 bridgehead atoms. The molecule has 0 spiro atoms. The molecule has 0 aromatic carbocycles. The highest BCUT2D eigenvalue weighted by Crippen LogP contribution is 2.61. The topological polar surface area (TPSA) is 86.1 Å². The second-order valence-corrected chi connectivity index (χ2v) is 10.4. The molecule has 7 nitrogen and oxygen atoms in total. The molecule has 4 fully saturated rings. The monoisotopic (exact) mass is 436 g/mol. The van der Waals surface area contributed by atoms with E-state index in [0.717, 1.165) is 29.1 Å². The zero-order chi connectivity index (χ0) is 22.5. The van der Waals surface area contributed by atoms with Crippen LogP contribution in [0.25, 0.3) is 5.82 Å². The van der Waals surface area contributed by atoms with Crippen molar-refractivity contribution in [3.8, 4) is 5.82 Å². The van der Waals surface area contributed by atoms with Gasteiger partial charge in [0.05, 0.1) is 11.3 Å². The van der Waals surface area contributed by atoms with Crippen LogP contribution in [0.1, 0.15) is 67.2 Å². The lowest BCUT2D eigenvalue weighted by Gasteiger charge is -2.59. The molecule has 1 atom stereocenters. The number of nitrogens with zero attached hydrogens (tertiary/aromatic N) is 3. The number of carbonyl (C=O) groups excluding carboxylic acids is 2. The van der Waals surface area contributed by atoms with Crippen molar-refractivity contribution in [2.24, 2.45) is 23.2 Å². The van der Waals surface area contributed by atoms with Crippen LogP contribution in [-0.2, 0) is 9.53 Å². The van der Waals surface area contributed by atoms with Crippen LogP contribution in [0.5, 0.6) is 0 Å². The van der Waals surface area contributed by atoms with Crippen LogP contribution in [0, 0.1) is 37.0 Å². The van der Waals surface area contributed by atoms with Crippen molar-refractivity contribution in [2.45, 2.75) is 65.3 Å². The molecule has 0 unspecified atom stereocenters. The molecule has 32 heavy (non-hydrogen) atoms. The summed E-state index contributed by atoms with van der Waals surface area (Å²) < 4.78 is 7.00. The Labute approximate surface area is 188 Å². The first kappa shape index (κ1) is 21.2. The molecule has 2 aromatic rings. The number of amides is 1. The van der Waals surface area contributed by atoms with Crippen molar-refractivity contribution < 1.29 is 14.3 Å². The molecule has 0 aliphatic heterocycles. The summed E-state index contributed by atoms with van der Waals surface area (Å²) in [5, 5.41) is 7.53. The highest BCUT2D eigenvalue weighted by molar-refractivity contribution is 5.91. The third-order valence-electron chi connectivity index (χ3n) is 7.93. The number of rotatable bonds is 6. The van der Waals surface area contributed by atoms with E-state index in [-0.39, 0.29) is 24.0 Å². The summed E-state index contributed by atoms with van der Waals surface area (Å²) >= 11 is 0. The van der Waals surface area contributed by atoms with Crippen molar-refractivity contribution in [1.29, 1.82) is 0 Å². The highest BCUT2D eigenvalue weighted by atomic mass is 16.5. The Morgan fingerprint density at radius 3 is 2.34 bits per heavy atom. The summed E-state index contributed by atoms with van der Waals surface area (Å²) in [6.45, 7) is 5.74. The van der Waals surface area contributed by atoms with Gasteiger partial charge in [0, 0.05) is 17.9 Å². The van der Waals surface area contributed by atoms with Gasteiger partial charge in [0.25, 0.3) is 5.91 Å². The van der Waals surface area contributed by atoms with Crippen LogP contribution in [0.2, 0.25) is 0 Å². The summed E-state index contributed by atoms with van der Waals surface area (Å²) in [5.41, 5.74) is 2.42. The summed E-state index contributed by atoms with van der Waals surface area (Å²) in [7, 11) is 0. The fraction of sp³-hybridized carbons (Fsp3) is 0.600. The zero-order valence-corrected chi connectivity index (χ0v) is 19.1. The maximum Gasteiger partial charge on any atom is 0.340 e. The van der Waals surface area contributed by atoms with Crippen molar-refractivity contribution in [3.05, 3.63) is 41.3 Å². The molecule has 1 amide bonds. The average molecular weight is 437 g/mol. The first-order valence-corrected chi connectivity index (χ1v) is 11.8. The van der Waals surface area contributed by atoms with E-state index in [2.05, 4.69) is 22.3 Å². The zero-order valence-electron chi connectivity index (χ0n) is 19.1. The minimum atomic E-state index is -0.546. The average Bonchev–Trinajstić information content (AvgIpc) is 3.09. The summed E-state index contributed by atoms with van der Waals surface area (Å²) in [5.74, 6) is 2.37. The normalized spacial score (nSPS) is 29.0. The van der Waals surface area contributed by atoms with Gasteiger partial charge in [0.15, 0.2) is 12.4 Å². The van der Waals surface area contributed by atoms with Gasteiger partial charge >= 0.3 is 5.97 Å². The maximum atomic E-state index is 12.5. The number of nitrogens with one attached hydrogen (secondary N) is 1. The first-order valence-electron chi connectivity index (χ1n) is 11.8. The molecule has 4 saturated carbocycles. The Bertz CT molecular complexity index is 991. The van der Waals surface area contributed by atoms with E-state index in [1.54, 1.807) is 16.8 Å². The van der Waals surface area contributed by atoms with Crippen LogP contribution < -0.4 is 5.32 Å². The molecule has 2 heterocycles. The molecular weight excluding hydrogens is 404 g/mol. The van der Waals surface area contributed by atoms with E-state index in [0.29, 0.717) is 11.4 Å². The van der Waals surface area contributed by atoms with Gasteiger partial charge < -0.3 is 10.1 Å². The van der Waals surface area contributed by atoms with Crippen molar-refractivity contribution in [3.63, 3.8) is 0 Å². The van der Waals surface area contributed by atoms with Gasteiger partial charge in [0.1, 0.15) is 0 Å². The summed E-state index contributed by atoms with van der Waals surface area (Å²) in [6, 6.07) is 5.46. The summed E-state index contributed by atoms with van der Waals surface area (Å²) in [6.07, 6.45) is 9.29. The standard InChI is InChI=1S/C25H32N4O3/c1-15-6-16(2)29(28-15)22-5-4-21(13-26-22)24(31)32-14-23(30)27-17(3)25-10-18-7-19(11-25)9-20(8-18)12-25/h4-6,13,17-20H,7-12,14H2,1-3H3,(H,27,30)/t17-,18?,19?,20?,25?/m0/s1. The number of ether oxygens (including phenoxy) is 1. The van der Waals surface area contributed by atoms with Crippen LogP contribution in [-0.4, -0.2) is 39.3 Å². The van der Waals surface area contributed by atoms with Crippen molar-refractivity contribution in [1.82, 2.24) is 20.1 Å². The lowest BCUT2D eigenvalue weighted by Crippen LogP contribution is -2.56. The molecule has 0 saturated heterocycles. The third-order valence-corrected chi connectivity index (χ3v) is 7.93.